The topological polar surface area (TPSA) is 29.5 Å². The highest BCUT2D eigenvalue weighted by Gasteiger charge is 2.45. The molecule has 1 heterocycles. The first-order valence-electron chi connectivity index (χ1n) is 14.8. The van der Waals surface area contributed by atoms with E-state index in [1.807, 2.05) is 6.92 Å². The van der Waals surface area contributed by atoms with Crippen molar-refractivity contribution in [3.8, 4) is 11.5 Å². The molecule has 0 unspecified atom stereocenters. The number of ether oxygens (including phenoxy) is 1. The number of aryl methyl sites for hydroxylation is 1. The highest BCUT2D eigenvalue weighted by Crippen LogP contribution is 2.53. The molecule has 1 aliphatic heterocycles. The van der Waals surface area contributed by atoms with E-state index in [0.29, 0.717) is 18.4 Å². The Kier molecular flexibility index (Phi) is 1.75. The summed E-state index contributed by atoms with van der Waals surface area (Å²) < 4.78 is 123. The highest BCUT2D eigenvalue weighted by atomic mass is 16.5. The molecule has 1 N–H and O–H groups in total. The Bertz CT molecular complexity index is 1090. The Morgan fingerprint density at radius 1 is 1.48 bits per heavy atom. The summed E-state index contributed by atoms with van der Waals surface area (Å²) >= 11 is 0. The van der Waals surface area contributed by atoms with Crippen LogP contribution < -0.4 is 4.74 Å². The third kappa shape index (κ3) is 3.13. The van der Waals surface area contributed by atoms with Gasteiger partial charge >= 0.3 is 0 Å². The average Bonchev–Trinajstić information content (AvgIpc) is 2.70. The first-order chi connectivity index (χ1) is 16.5. The summed E-state index contributed by atoms with van der Waals surface area (Å²) in [7, 11) is 0. The lowest BCUT2D eigenvalue weighted by Crippen LogP contribution is -2.45. The molecule has 2 atom stereocenters. The van der Waals surface area contributed by atoms with Gasteiger partial charge in [-0.1, -0.05) is 31.4 Å². The zero-order valence-electron chi connectivity index (χ0n) is 27.0. The van der Waals surface area contributed by atoms with Crippen molar-refractivity contribution in [2.75, 3.05) is 0 Å². The zero-order valence-corrected chi connectivity index (χ0v) is 13.0. The van der Waals surface area contributed by atoms with Crippen molar-refractivity contribution in [1.82, 2.24) is 0 Å². The van der Waals surface area contributed by atoms with Crippen LogP contribution in [0.15, 0.2) is 23.8 Å². The molecule has 1 aromatic carbocycles. The molecule has 0 fully saturated rings. The van der Waals surface area contributed by atoms with E-state index in [1.165, 1.54) is 12.1 Å². The zero-order chi connectivity index (χ0) is 28.6. The monoisotopic (exact) mass is 328 g/mol. The molecule has 23 heavy (non-hydrogen) atoms. The molecule has 3 rings (SSSR count). The van der Waals surface area contributed by atoms with Crippen LogP contribution in [0.4, 0.5) is 0 Å². The van der Waals surface area contributed by atoms with Crippen molar-refractivity contribution in [2.45, 2.75) is 77.5 Å². The molecule has 0 amide bonds. The molecule has 0 aromatic heterocycles. The van der Waals surface area contributed by atoms with E-state index in [-0.39, 0.29) is 0 Å². The van der Waals surface area contributed by atoms with Crippen LogP contribution in [0.25, 0.3) is 0 Å². The van der Waals surface area contributed by atoms with Gasteiger partial charge in [0.15, 0.2) is 0 Å². The van der Waals surface area contributed by atoms with E-state index in [9.17, 15) is 7.85 Å². The van der Waals surface area contributed by atoms with E-state index >= 15 is 0 Å². The van der Waals surface area contributed by atoms with Crippen LogP contribution in [0.1, 0.15) is 95.7 Å². The number of allylic oxidation sites excluding steroid dienone is 2. The molecule has 2 nitrogen and oxygen atoms in total. The molecule has 0 spiro atoms. The summed E-state index contributed by atoms with van der Waals surface area (Å²) in [5.41, 5.74) is -4.87. The molecular formula is C21H30O2. The Morgan fingerprint density at radius 2 is 2.35 bits per heavy atom. The molecule has 1 aliphatic carbocycles. The smallest absolute Gasteiger partial charge is 0.127 e. The fourth-order valence-electron chi connectivity index (χ4n) is 2.94. The first-order valence-corrected chi connectivity index (χ1v) is 7.80. The van der Waals surface area contributed by atoms with Gasteiger partial charge in [0.2, 0.25) is 0 Å². The van der Waals surface area contributed by atoms with Gasteiger partial charge in [-0.15, -0.1) is 0 Å². The van der Waals surface area contributed by atoms with Crippen molar-refractivity contribution in [2.24, 2.45) is 5.89 Å². The number of benzene rings is 1. The number of rotatable bonds is 4. The number of phenolic OH excluding ortho intramolecular Hbond substituents is 1. The summed E-state index contributed by atoms with van der Waals surface area (Å²) in [6.45, 7) is -8.64. The second-order valence-corrected chi connectivity index (χ2v) is 5.94. The minimum absolute atomic E-state index is 0.370. The van der Waals surface area contributed by atoms with Crippen molar-refractivity contribution in [1.29, 1.82) is 0 Å². The van der Waals surface area contributed by atoms with Gasteiger partial charge in [-0.05, 0) is 63.9 Å². The van der Waals surface area contributed by atoms with Crippen LogP contribution in [0.3, 0.4) is 0 Å². The molecule has 2 heteroatoms. The predicted octanol–water partition coefficient (Wildman–Crippen LogP) is 5.74. The van der Waals surface area contributed by atoms with Crippen molar-refractivity contribution in [3.05, 3.63) is 34.9 Å². The molecule has 1 aromatic rings. The molecule has 126 valence electrons. The summed E-state index contributed by atoms with van der Waals surface area (Å²) in [4.78, 5) is 0. The second-order valence-electron chi connectivity index (χ2n) is 5.94. The van der Waals surface area contributed by atoms with Gasteiger partial charge in [-0.3, -0.25) is 0 Å². The fourth-order valence-corrected chi connectivity index (χ4v) is 2.94. The maximum Gasteiger partial charge on any atom is 0.127 e. The maximum absolute atomic E-state index is 11.0. The number of aromatic hydroxyl groups is 1. The van der Waals surface area contributed by atoms with E-state index in [2.05, 4.69) is 0 Å². The predicted molar refractivity (Wildman–Crippen MR) is 95.3 cm³/mol. The van der Waals surface area contributed by atoms with Crippen LogP contribution in [0, 0.1) is 5.89 Å². The quantitative estimate of drug-likeness (QED) is 0.564. The summed E-state index contributed by atoms with van der Waals surface area (Å²) in [6.07, 6.45) is -1.81. The van der Waals surface area contributed by atoms with Gasteiger partial charge in [0.25, 0.3) is 0 Å². The van der Waals surface area contributed by atoms with E-state index < -0.39 is 79.4 Å². The number of hydrogen-bond acceptors (Lipinski definition) is 2. The SMILES string of the molecule is [2H]C1=C(C([2H])([2H])[2H])CC([2H])([2H])[C@@]2([2H])C(C([2H])([2H])[2H])(C([2H])([2H])[2H])Oc3cc(CCCCC)cc(O)c3[C@]12[2H]. The van der Waals surface area contributed by atoms with Gasteiger partial charge < -0.3 is 9.84 Å². The number of unbranched alkanes of at least 4 members (excludes halogenated alkanes) is 2. The maximum atomic E-state index is 11.0. The Labute approximate surface area is 160 Å². The third-order valence-corrected chi connectivity index (χ3v) is 4.04. The number of hydrogen-bond donors (Lipinski definition) is 1. The van der Waals surface area contributed by atoms with E-state index in [1.54, 1.807) is 0 Å². The molecule has 0 radical (unpaired) electrons. The van der Waals surface area contributed by atoms with E-state index in [0.717, 1.165) is 12.8 Å². The highest BCUT2D eigenvalue weighted by molar-refractivity contribution is 5.53. The lowest BCUT2D eigenvalue weighted by Gasteiger charge is -2.46. The van der Waals surface area contributed by atoms with Gasteiger partial charge in [0, 0.05) is 35.2 Å². The number of phenols is 1. The standard InChI is InChI=1S/C21H30O2/c1-5-6-7-8-15-12-18(22)20-16-11-14(2)9-10-17(16)21(3,4)23-19(20)13-15/h11-13,16-17,22H,5-10H2,1-4H3/t16-,17-/m1/s1/i2D3,3D3,4D3,10D2,11D,16D,17D. The fraction of sp³-hybridized carbons (Fsp3) is 0.619. The van der Waals surface area contributed by atoms with Crippen LogP contribution in [-0.2, 0) is 6.42 Å². The molecule has 2 aliphatic rings. The summed E-state index contributed by atoms with van der Waals surface area (Å²) in [6, 6.07) is 1.27. The molecule has 0 saturated carbocycles. The Balaban J connectivity index is 2.58. The average molecular weight is 329 g/mol. The molecular weight excluding hydrogens is 284 g/mol. The van der Waals surface area contributed by atoms with Crippen LogP contribution in [0.5, 0.6) is 11.5 Å². The Hall–Kier alpha value is -1.44. The van der Waals surface area contributed by atoms with Crippen molar-refractivity contribution >= 4 is 0 Å². The summed E-state index contributed by atoms with van der Waals surface area (Å²) in [5, 5.41) is 11.0. The van der Waals surface area contributed by atoms with Gasteiger partial charge in [-0.2, -0.15) is 0 Å². The largest absolute Gasteiger partial charge is 0.507 e. The lowest BCUT2D eigenvalue weighted by molar-refractivity contribution is 0.0107. The van der Waals surface area contributed by atoms with Crippen LogP contribution >= 0.6 is 0 Å². The van der Waals surface area contributed by atoms with Crippen molar-refractivity contribution in [3.63, 3.8) is 0 Å². The minimum Gasteiger partial charge on any atom is -0.507 e. The van der Waals surface area contributed by atoms with Gasteiger partial charge in [0.1, 0.15) is 17.1 Å². The van der Waals surface area contributed by atoms with Crippen molar-refractivity contribution < 1.29 is 29.0 Å². The second kappa shape index (κ2) is 6.22. The normalized spacial score (nSPS) is 44.7. The van der Waals surface area contributed by atoms with E-state index in [4.69, 9.17) is 21.2 Å². The first kappa shape index (κ1) is 6.46. The van der Waals surface area contributed by atoms with Crippen LogP contribution in [0.2, 0.25) is 0 Å². The number of fused-ring (bicyclic) bond motifs is 3. The molecule has 0 bridgehead atoms. The van der Waals surface area contributed by atoms with Gasteiger partial charge in [0.05, 0.1) is 1.37 Å². The molecule has 0 saturated heterocycles. The van der Waals surface area contributed by atoms with Crippen LogP contribution in [-0.4, -0.2) is 10.7 Å². The van der Waals surface area contributed by atoms with Gasteiger partial charge in [-0.25, -0.2) is 0 Å². The summed E-state index contributed by atoms with van der Waals surface area (Å²) in [5.74, 6) is -8.25. The minimum atomic E-state index is -3.75. The Morgan fingerprint density at radius 3 is 3.09 bits per heavy atom. The third-order valence-electron chi connectivity index (χ3n) is 4.04. The lowest BCUT2D eigenvalue weighted by atomic mass is 9.68.